The predicted octanol–water partition coefficient (Wildman–Crippen LogP) is 5.57. The molecule has 0 unspecified atom stereocenters. The molecule has 0 bridgehead atoms. The Balaban J connectivity index is 0.00000176. The van der Waals surface area contributed by atoms with E-state index >= 15 is 0 Å². The van der Waals surface area contributed by atoms with Gasteiger partial charge in [-0.25, -0.2) is 4.98 Å². The summed E-state index contributed by atoms with van der Waals surface area (Å²) < 4.78 is 0. The topological polar surface area (TPSA) is 92.5 Å². The van der Waals surface area contributed by atoms with Gasteiger partial charge in [-0.3, -0.25) is 9.97 Å². The average molecular weight is 477 g/mol. The Morgan fingerprint density at radius 3 is 2.67 bits per heavy atom. The number of rotatable bonds is 9. The molecular formula is C30H32N6. The number of terminal acetylenes is 1. The minimum absolute atomic E-state index is 0.586. The number of likely N-dealkylation sites (N-methyl/N-ethyl adjacent to an activating group) is 1. The Bertz CT molecular complexity index is 1390. The van der Waals surface area contributed by atoms with Crippen molar-refractivity contribution in [1.82, 2.24) is 25.3 Å². The first-order chi connectivity index (χ1) is 17.6. The maximum absolute atomic E-state index is 6.36. The van der Waals surface area contributed by atoms with Gasteiger partial charge in [-0.1, -0.05) is 43.9 Å². The summed E-state index contributed by atoms with van der Waals surface area (Å²) in [6.45, 7) is 9.79. The van der Waals surface area contributed by atoms with E-state index in [2.05, 4.69) is 70.9 Å². The molecule has 6 nitrogen and oxygen atoms in total. The van der Waals surface area contributed by atoms with Gasteiger partial charge in [0.25, 0.3) is 0 Å². The number of pyridine rings is 2. The molecule has 0 saturated heterocycles. The maximum Gasteiger partial charge on any atom is 0.116 e. The smallest absolute Gasteiger partial charge is 0.116 e. The maximum atomic E-state index is 6.36. The van der Waals surface area contributed by atoms with Crippen LogP contribution in [0.25, 0.3) is 28.0 Å². The third-order valence-corrected chi connectivity index (χ3v) is 5.68. The zero-order valence-electron chi connectivity index (χ0n) is 20.8. The Kier molecular flexibility index (Phi) is 9.33. The van der Waals surface area contributed by atoms with Crippen LogP contribution in [0.4, 0.5) is 5.69 Å². The first-order valence-electron chi connectivity index (χ1n) is 11.8. The van der Waals surface area contributed by atoms with Crippen LogP contribution in [0.15, 0.2) is 85.2 Å². The van der Waals surface area contributed by atoms with Crippen molar-refractivity contribution >= 4 is 22.3 Å². The molecule has 1 aromatic carbocycles. The molecule has 0 aliphatic rings. The number of benzene rings is 1. The molecule has 4 N–H and O–H groups in total. The fraction of sp³-hybridized carbons (Fsp3) is 0.167. The van der Waals surface area contributed by atoms with E-state index in [9.17, 15) is 0 Å². The molecule has 0 spiro atoms. The Morgan fingerprint density at radius 2 is 1.97 bits per heavy atom. The van der Waals surface area contributed by atoms with Gasteiger partial charge in [0, 0.05) is 31.0 Å². The van der Waals surface area contributed by atoms with Crippen molar-refractivity contribution in [3.63, 3.8) is 0 Å². The van der Waals surface area contributed by atoms with Gasteiger partial charge < -0.3 is 16.0 Å². The number of nitrogens with one attached hydrogen (secondary N) is 2. The summed E-state index contributed by atoms with van der Waals surface area (Å²) >= 11 is 0. The number of nitrogens with zero attached hydrogens (tertiary/aromatic N) is 3. The molecule has 0 saturated carbocycles. The van der Waals surface area contributed by atoms with Crippen LogP contribution in [0.2, 0.25) is 0 Å². The van der Waals surface area contributed by atoms with Crippen molar-refractivity contribution in [3.05, 3.63) is 102 Å². The van der Waals surface area contributed by atoms with Crippen LogP contribution in [0.1, 0.15) is 30.8 Å². The van der Waals surface area contributed by atoms with Crippen molar-refractivity contribution in [2.75, 3.05) is 18.8 Å². The van der Waals surface area contributed by atoms with Gasteiger partial charge in [0.2, 0.25) is 0 Å². The van der Waals surface area contributed by atoms with Gasteiger partial charge in [-0.2, -0.15) is 0 Å². The third kappa shape index (κ3) is 6.15. The van der Waals surface area contributed by atoms with Crippen molar-refractivity contribution in [2.24, 2.45) is 0 Å². The van der Waals surface area contributed by atoms with E-state index in [4.69, 9.17) is 10.7 Å². The summed E-state index contributed by atoms with van der Waals surface area (Å²) in [4.78, 5) is 17.2. The SMILES string of the molecule is C#C.C=C/C(=C\C(=C/C)c1ccc(N)c(Cc2nc3c(-c4ccccn4)nccc3[nH]2)c1)CNCC. The van der Waals surface area contributed by atoms with Gasteiger partial charge >= 0.3 is 0 Å². The molecular weight excluding hydrogens is 444 g/mol. The first-order valence-corrected chi connectivity index (χ1v) is 11.8. The predicted molar refractivity (Wildman–Crippen MR) is 151 cm³/mol. The van der Waals surface area contributed by atoms with Crippen LogP contribution in [0.5, 0.6) is 0 Å². The summed E-state index contributed by atoms with van der Waals surface area (Å²) in [5.74, 6) is 0.834. The summed E-state index contributed by atoms with van der Waals surface area (Å²) in [6, 6.07) is 13.9. The van der Waals surface area contributed by atoms with Crippen LogP contribution in [0.3, 0.4) is 0 Å². The fourth-order valence-electron chi connectivity index (χ4n) is 3.86. The van der Waals surface area contributed by atoms with Gasteiger partial charge in [0.1, 0.15) is 17.0 Å². The van der Waals surface area contributed by atoms with E-state index < -0.39 is 0 Å². The Morgan fingerprint density at radius 1 is 1.14 bits per heavy atom. The normalized spacial score (nSPS) is 11.7. The number of hydrogen-bond donors (Lipinski definition) is 3. The average Bonchev–Trinajstić information content (AvgIpc) is 3.34. The highest BCUT2D eigenvalue weighted by Crippen LogP contribution is 2.27. The molecule has 4 rings (SSSR count). The molecule has 0 fully saturated rings. The van der Waals surface area contributed by atoms with E-state index in [0.717, 1.165) is 69.3 Å². The van der Waals surface area contributed by atoms with E-state index in [1.165, 1.54) is 0 Å². The molecule has 0 aliphatic heterocycles. The van der Waals surface area contributed by atoms with Gasteiger partial charge in [0.15, 0.2) is 0 Å². The summed E-state index contributed by atoms with van der Waals surface area (Å²) in [5.41, 5.74) is 14.8. The molecule has 0 radical (unpaired) electrons. The standard InChI is InChI=1S/C28H30N6.C2H2/c1-4-19(18-30-6-3)15-20(5-2)21-10-11-23(29)22(16-21)17-26-33-25-12-14-32-27(28(25)34-26)24-9-7-8-13-31-24;1-2/h4-5,7-16,30H,1,6,17-18,29H2,2-3H3,(H,33,34);1-2H/b19-15+,20-5+;. The van der Waals surface area contributed by atoms with Crippen LogP contribution in [0, 0.1) is 12.8 Å². The lowest BCUT2D eigenvalue weighted by molar-refractivity contribution is 0.785. The van der Waals surface area contributed by atoms with E-state index in [-0.39, 0.29) is 0 Å². The molecule has 0 atom stereocenters. The minimum Gasteiger partial charge on any atom is -0.398 e. The molecule has 0 amide bonds. The number of nitrogen functional groups attached to an aromatic ring is 1. The van der Waals surface area contributed by atoms with E-state index in [0.29, 0.717) is 6.42 Å². The van der Waals surface area contributed by atoms with Crippen molar-refractivity contribution in [3.8, 4) is 24.2 Å². The third-order valence-electron chi connectivity index (χ3n) is 5.68. The van der Waals surface area contributed by atoms with Crippen LogP contribution in [-0.4, -0.2) is 33.0 Å². The molecule has 182 valence electrons. The quantitative estimate of drug-likeness (QED) is 0.167. The van der Waals surface area contributed by atoms with Gasteiger partial charge in [0.05, 0.1) is 11.2 Å². The molecule has 4 aromatic rings. The summed E-state index contributed by atoms with van der Waals surface area (Å²) in [7, 11) is 0. The lowest BCUT2D eigenvalue weighted by Gasteiger charge is -2.10. The number of H-pyrrole nitrogens is 1. The highest BCUT2D eigenvalue weighted by Gasteiger charge is 2.13. The lowest BCUT2D eigenvalue weighted by Crippen LogP contribution is -2.15. The number of imidazole rings is 1. The van der Waals surface area contributed by atoms with Crippen molar-refractivity contribution < 1.29 is 0 Å². The second kappa shape index (κ2) is 12.8. The van der Waals surface area contributed by atoms with Gasteiger partial charge in [-0.15, -0.1) is 12.8 Å². The van der Waals surface area contributed by atoms with Crippen LogP contribution >= 0.6 is 0 Å². The molecule has 3 heterocycles. The second-order valence-corrected chi connectivity index (χ2v) is 7.99. The number of aromatic nitrogens is 4. The zero-order valence-corrected chi connectivity index (χ0v) is 20.8. The monoisotopic (exact) mass is 476 g/mol. The van der Waals surface area contributed by atoms with Crippen molar-refractivity contribution in [1.29, 1.82) is 0 Å². The molecule has 6 heteroatoms. The first kappa shape index (κ1) is 26.1. The number of hydrogen-bond acceptors (Lipinski definition) is 5. The summed E-state index contributed by atoms with van der Waals surface area (Å²) in [5, 5.41) is 3.35. The zero-order chi connectivity index (χ0) is 25.9. The van der Waals surface area contributed by atoms with Crippen LogP contribution < -0.4 is 11.1 Å². The molecule has 36 heavy (non-hydrogen) atoms. The van der Waals surface area contributed by atoms with Gasteiger partial charge in [-0.05, 0) is 66.1 Å². The number of nitrogens with two attached hydrogens (primary N) is 1. The van der Waals surface area contributed by atoms with E-state index in [1.807, 2.05) is 43.3 Å². The fourth-order valence-corrected chi connectivity index (χ4v) is 3.86. The van der Waals surface area contributed by atoms with Crippen LogP contribution in [-0.2, 0) is 6.42 Å². The van der Waals surface area contributed by atoms with E-state index in [1.54, 1.807) is 12.4 Å². The Labute approximate surface area is 213 Å². The molecule has 3 aromatic heterocycles. The number of aromatic amines is 1. The summed E-state index contributed by atoms with van der Waals surface area (Å²) in [6.07, 6.45) is 18.3. The minimum atomic E-state index is 0.586. The van der Waals surface area contributed by atoms with Crippen molar-refractivity contribution in [2.45, 2.75) is 20.3 Å². The number of anilines is 1. The highest BCUT2D eigenvalue weighted by atomic mass is 14.9. The number of fused-ring (bicyclic) bond motifs is 1. The highest BCUT2D eigenvalue weighted by molar-refractivity contribution is 5.88. The largest absolute Gasteiger partial charge is 0.398 e. The Hall–Kier alpha value is -4.47. The lowest BCUT2D eigenvalue weighted by atomic mass is 9.98. The number of allylic oxidation sites excluding steroid dienone is 3. The molecule has 0 aliphatic carbocycles. The second-order valence-electron chi connectivity index (χ2n) is 7.99.